The number of benzene rings is 1. The van der Waals surface area contributed by atoms with Crippen LogP contribution in [0.2, 0.25) is 0 Å². The van der Waals surface area contributed by atoms with E-state index in [2.05, 4.69) is 20.6 Å². The number of hydrogen-bond donors (Lipinski definition) is 4. The van der Waals surface area contributed by atoms with Crippen LogP contribution in [0.1, 0.15) is 30.7 Å². The number of pyridine rings is 1. The highest BCUT2D eigenvalue weighted by Gasteiger charge is 2.27. The van der Waals surface area contributed by atoms with E-state index in [-0.39, 0.29) is 24.1 Å². The number of aromatic amines is 1. The Morgan fingerprint density at radius 2 is 1.91 bits per heavy atom. The molecule has 1 aliphatic rings. The molecular weight excluding hydrogens is 436 g/mol. The topological polar surface area (TPSA) is 116 Å². The first-order valence-corrected chi connectivity index (χ1v) is 11.9. The summed E-state index contributed by atoms with van der Waals surface area (Å²) in [6.45, 7) is 4.03. The van der Waals surface area contributed by atoms with Crippen molar-refractivity contribution in [1.82, 2.24) is 19.9 Å². The number of rotatable bonds is 6. The molecule has 0 aliphatic heterocycles. The zero-order valence-electron chi connectivity index (χ0n) is 18.6. The molecule has 33 heavy (non-hydrogen) atoms. The van der Waals surface area contributed by atoms with Crippen LogP contribution in [-0.2, 0) is 0 Å². The van der Waals surface area contributed by atoms with Crippen molar-refractivity contribution < 1.29 is 5.11 Å². The van der Waals surface area contributed by atoms with Gasteiger partial charge in [0, 0.05) is 29.7 Å². The maximum absolute atomic E-state index is 13.3. The second-order valence-electron chi connectivity index (χ2n) is 8.59. The third-order valence-corrected chi connectivity index (χ3v) is 6.97. The Morgan fingerprint density at radius 3 is 2.64 bits per heavy atom. The highest BCUT2D eigenvalue weighted by atomic mass is 32.1. The lowest BCUT2D eigenvalue weighted by molar-refractivity contribution is 0.229. The van der Waals surface area contributed by atoms with Crippen LogP contribution in [-0.4, -0.2) is 37.7 Å². The van der Waals surface area contributed by atoms with Crippen molar-refractivity contribution >= 4 is 39.0 Å². The van der Waals surface area contributed by atoms with E-state index >= 15 is 0 Å². The molecule has 3 aromatic heterocycles. The largest absolute Gasteiger partial charge is 0.396 e. The van der Waals surface area contributed by atoms with Crippen LogP contribution in [0.25, 0.3) is 20.8 Å². The van der Waals surface area contributed by atoms with E-state index in [1.807, 2.05) is 50.2 Å². The summed E-state index contributed by atoms with van der Waals surface area (Å²) in [6, 6.07) is 11.8. The molecule has 5 rings (SSSR count). The number of para-hydroxylation sites is 1. The molecule has 170 valence electrons. The standard InChI is InChI=1S/C24H26N6O2S/c1-13-9-17(10-14(2)25-13)27-24-29-21(26-16-8-7-15(11-16)12-31)20(22(32)30-24)23-28-18-5-3-4-6-19(18)33-23/h3-6,9-10,15-16,31H,7-8,11-12H2,1-2H3,(H3,25,26,27,29,30,32). The minimum Gasteiger partial charge on any atom is -0.396 e. The lowest BCUT2D eigenvalue weighted by Gasteiger charge is -2.17. The first-order chi connectivity index (χ1) is 16.0. The zero-order chi connectivity index (χ0) is 22.9. The number of thiazole rings is 1. The molecule has 1 fully saturated rings. The number of nitrogens with zero attached hydrogens (tertiary/aromatic N) is 3. The smallest absolute Gasteiger partial charge is 0.264 e. The van der Waals surface area contributed by atoms with Gasteiger partial charge in [-0.3, -0.25) is 14.8 Å². The predicted molar refractivity (Wildman–Crippen MR) is 132 cm³/mol. The summed E-state index contributed by atoms with van der Waals surface area (Å²) in [5.41, 5.74) is 3.61. The number of nitrogens with one attached hydrogen (secondary N) is 3. The van der Waals surface area contributed by atoms with E-state index in [1.165, 1.54) is 11.3 Å². The molecule has 0 saturated heterocycles. The van der Waals surface area contributed by atoms with Gasteiger partial charge in [0.25, 0.3) is 5.56 Å². The number of aryl methyl sites for hydroxylation is 2. The molecule has 4 aromatic rings. The van der Waals surface area contributed by atoms with Crippen molar-refractivity contribution in [1.29, 1.82) is 0 Å². The van der Waals surface area contributed by atoms with Gasteiger partial charge in [0.2, 0.25) is 5.95 Å². The summed E-state index contributed by atoms with van der Waals surface area (Å²) in [7, 11) is 0. The van der Waals surface area contributed by atoms with Crippen LogP contribution < -0.4 is 16.2 Å². The van der Waals surface area contributed by atoms with Gasteiger partial charge >= 0.3 is 0 Å². The zero-order valence-corrected chi connectivity index (χ0v) is 19.4. The maximum atomic E-state index is 13.3. The van der Waals surface area contributed by atoms with E-state index in [0.29, 0.717) is 22.3 Å². The fourth-order valence-corrected chi connectivity index (χ4v) is 5.43. The third-order valence-electron chi connectivity index (χ3n) is 5.91. The Bertz CT molecular complexity index is 1310. The average molecular weight is 463 g/mol. The number of aliphatic hydroxyl groups excluding tert-OH is 1. The van der Waals surface area contributed by atoms with Crippen LogP contribution >= 0.6 is 11.3 Å². The summed E-state index contributed by atoms with van der Waals surface area (Å²) >= 11 is 1.48. The van der Waals surface area contributed by atoms with Gasteiger partial charge in [-0.15, -0.1) is 11.3 Å². The fraction of sp³-hybridized carbons (Fsp3) is 0.333. The summed E-state index contributed by atoms with van der Waals surface area (Å²) in [5.74, 6) is 1.14. The lowest BCUT2D eigenvalue weighted by atomic mass is 10.1. The lowest BCUT2D eigenvalue weighted by Crippen LogP contribution is -2.22. The Balaban J connectivity index is 1.56. The summed E-state index contributed by atoms with van der Waals surface area (Å²) in [5, 5.41) is 16.9. The van der Waals surface area contributed by atoms with Crippen LogP contribution in [0.15, 0.2) is 41.2 Å². The van der Waals surface area contributed by atoms with E-state index in [4.69, 9.17) is 9.97 Å². The third kappa shape index (κ3) is 4.60. The predicted octanol–water partition coefficient (Wildman–Crippen LogP) is 4.37. The van der Waals surface area contributed by atoms with Crippen molar-refractivity contribution in [2.24, 2.45) is 5.92 Å². The molecule has 0 spiro atoms. The normalized spacial score (nSPS) is 18.0. The van der Waals surface area contributed by atoms with Crippen LogP contribution in [0, 0.1) is 19.8 Å². The second kappa shape index (κ2) is 8.92. The van der Waals surface area contributed by atoms with E-state index in [0.717, 1.165) is 46.6 Å². The molecule has 4 N–H and O–H groups in total. The minimum absolute atomic E-state index is 0.142. The Hall–Kier alpha value is -3.30. The van der Waals surface area contributed by atoms with Crippen molar-refractivity contribution in [3.05, 3.63) is 58.1 Å². The SMILES string of the molecule is Cc1cc(Nc2nc(NC3CCC(CO)C3)c(-c3nc4ccccc4s3)c(=O)[nH]2)cc(C)n1. The number of hydrogen-bond acceptors (Lipinski definition) is 8. The highest BCUT2D eigenvalue weighted by Crippen LogP contribution is 2.34. The first-order valence-electron chi connectivity index (χ1n) is 11.1. The van der Waals surface area contributed by atoms with Gasteiger partial charge < -0.3 is 15.7 Å². The first kappa shape index (κ1) is 21.5. The summed E-state index contributed by atoms with van der Waals surface area (Å²) in [6.07, 6.45) is 2.72. The van der Waals surface area contributed by atoms with Gasteiger partial charge in [0.15, 0.2) is 0 Å². The molecule has 0 amide bonds. The van der Waals surface area contributed by atoms with Gasteiger partial charge in [0.05, 0.1) is 10.2 Å². The van der Waals surface area contributed by atoms with Crippen molar-refractivity contribution in [3.63, 3.8) is 0 Å². The Morgan fingerprint density at radius 1 is 1.12 bits per heavy atom. The monoisotopic (exact) mass is 462 g/mol. The summed E-state index contributed by atoms with van der Waals surface area (Å²) in [4.78, 5) is 30.0. The molecule has 1 aromatic carbocycles. The van der Waals surface area contributed by atoms with Gasteiger partial charge in [-0.1, -0.05) is 12.1 Å². The van der Waals surface area contributed by atoms with Gasteiger partial charge in [-0.25, -0.2) is 4.98 Å². The second-order valence-corrected chi connectivity index (χ2v) is 9.62. The number of aliphatic hydroxyl groups is 1. The van der Waals surface area contributed by atoms with Crippen LogP contribution in [0.4, 0.5) is 17.5 Å². The average Bonchev–Trinajstić information content (AvgIpc) is 3.39. The molecule has 2 atom stereocenters. The molecule has 8 nitrogen and oxygen atoms in total. The molecular formula is C24H26N6O2S. The molecule has 0 radical (unpaired) electrons. The van der Waals surface area contributed by atoms with Crippen molar-refractivity contribution in [3.8, 4) is 10.6 Å². The molecule has 0 bridgehead atoms. The fourth-order valence-electron chi connectivity index (χ4n) is 4.42. The van der Waals surface area contributed by atoms with E-state index in [1.54, 1.807) is 0 Å². The van der Waals surface area contributed by atoms with Gasteiger partial charge in [0.1, 0.15) is 16.4 Å². The minimum atomic E-state index is -0.256. The molecule has 2 unspecified atom stereocenters. The number of H-pyrrole nitrogens is 1. The van der Waals surface area contributed by atoms with Gasteiger partial charge in [-0.05, 0) is 63.3 Å². The number of anilines is 3. The summed E-state index contributed by atoms with van der Waals surface area (Å²) < 4.78 is 1.02. The number of fused-ring (bicyclic) bond motifs is 1. The molecule has 9 heteroatoms. The molecule has 1 aliphatic carbocycles. The van der Waals surface area contributed by atoms with Crippen LogP contribution in [0.5, 0.6) is 0 Å². The quantitative estimate of drug-likeness (QED) is 0.336. The Kier molecular flexibility index (Phi) is 5.82. The van der Waals surface area contributed by atoms with E-state index in [9.17, 15) is 9.90 Å². The molecule has 1 saturated carbocycles. The van der Waals surface area contributed by atoms with Crippen molar-refractivity contribution in [2.45, 2.75) is 39.2 Å². The van der Waals surface area contributed by atoms with Gasteiger partial charge in [-0.2, -0.15) is 4.98 Å². The maximum Gasteiger partial charge on any atom is 0.264 e. The van der Waals surface area contributed by atoms with Crippen molar-refractivity contribution in [2.75, 3.05) is 17.2 Å². The number of aromatic nitrogens is 4. The Labute approximate surface area is 195 Å². The molecule has 3 heterocycles. The highest BCUT2D eigenvalue weighted by molar-refractivity contribution is 7.21. The van der Waals surface area contributed by atoms with E-state index < -0.39 is 0 Å². The van der Waals surface area contributed by atoms with Crippen LogP contribution in [0.3, 0.4) is 0 Å².